The van der Waals surface area contributed by atoms with Gasteiger partial charge in [0.2, 0.25) is 6.23 Å². The Labute approximate surface area is 119 Å². The average molecular weight is 322 g/mol. The van der Waals surface area contributed by atoms with Crippen LogP contribution in [-0.4, -0.2) is 59.3 Å². The maximum absolute atomic E-state index is 10.9. The van der Waals surface area contributed by atoms with Crippen molar-refractivity contribution in [2.75, 3.05) is 12.9 Å². The molecule has 2 rings (SSSR count). The van der Waals surface area contributed by atoms with Gasteiger partial charge in [-0.2, -0.15) is 8.42 Å². The molecule has 0 aliphatic carbocycles. The second kappa shape index (κ2) is 5.69. The van der Waals surface area contributed by atoms with Crippen molar-refractivity contribution in [3.05, 3.63) is 28.4 Å². The fraction of sp³-hybridized carbons (Fsp3) is 0.600. The minimum atomic E-state index is -3.73. The first-order valence-electron chi connectivity index (χ1n) is 5.88. The molecule has 0 radical (unpaired) electrons. The summed E-state index contributed by atoms with van der Waals surface area (Å²) in [5, 5.41) is 30.6. The lowest BCUT2D eigenvalue weighted by Gasteiger charge is -2.13. The zero-order valence-electron chi connectivity index (χ0n) is 10.9. The lowest BCUT2D eigenvalue weighted by Crippen LogP contribution is -2.34. The summed E-state index contributed by atoms with van der Waals surface area (Å²) in [5.74, 6) is -0.323. The SMILES string of the molecule is CS(=O)(=O)OCC1OC(n2cccc2[N+](=O)[O-])C(O)C1O. The highest BCUT2D eigenvalue weighted by atomic mass is 32.2. The van der Waals surface area contributed by atoms with Gasteiger partial charge in [-0.25, -0.2) is 4.57 Å². The van der Waals surface area contributed by atoms with E-state index in [1.165, 1.54) is 18.3 Å². The molecule has 1 fully saturated rings. The zero-order valence-corrected chi connectivity index (χ0v) is 11.7. The van der Waals surface area contributed by atoms with Crippen LogP contribution < -0.4 is 0 Å². The van der Waals surface area contributed by atoms with E-state index in [1.54, 1.807) is 0 Å². The fourth-order valence-corrected chi connectivity index (χ4v) is 2.42. The monoisotopic (exact) mass is 322 g/mol. The molecule has 0 spiro atoms. The standard InChI is InChI=1S/C10H14N2O8S/c1-21(17,18)19-5-6-8(13)9(14)10(20-6)11-4-2-3-7(11)12(15)16/h2-4,6,8-10,13-14H,5H2,1H3. The third-order valence-electron chi connectivity index (χ3n) is 3.00. The molecule has 4 unspecified atom stereocenters. The largest absolute Gasteiger partial charge is 0.387 e. The topological polar surface area (TPSA) is 141 Å². The van der Waals surface area contributed by atoms with Crippen LogP contribution in [0.5, 0.6) is 0 Å². The number of aliphatic hydroxyl groups excluding tert-OH is 2. The zero-order chi connectivity index (χ0) is 15.8. The molecule has 1 aromatic heterocycles. The van der Waals surface area contributed by atoms with E-state index in [-0.39, 0.29) is 5.82 Å². The molecule has 1 aromatic rings. The number of aliphatic hydroxyl groups is 2. The Balaban J connectivity index is 2.16. The number of aromatic nitrogens is 1. The summed E-state index contributed by atoms with van der Waals surface area (Å²) in [5.41, 5.74) is 0. The summed E-state index contributed by atoms with van der Waals surface area (Å²) in [6.45, 7) is -0.497. The summed E-state index contributed by atoms with van der Waals surface area (Å²) in [6, 6.07) is 2.60. The Morgan fingerprint density at radius 1 is 1.48 bits per heavy atom. The molecular weight excluding hydrogens is 308 g/mol. The van der Waals surface area contributed by atoms with Gasteiger partial charge in [-0.3, -0.25) is 4.18 Å². The van der Waals surface area contributed by atoms with E-state index in [0.29, 0.717) is 0 Å². The van der Waals surface area contributed by atoms with Gasteiger partial charge in [0.25, 0.3) is 10.1 Å². The van der Waals surface area contributed by atoms with Gasteiger partial charge in [-0.15, -0.1) is 0 Å². The Bertz CT molecular complexity index is 627. The minimum absolute atomic E-state index is 0.323. The molecule has 2 heterocycles. The number of nitro groups is 1. The van der Waals surface area contributed by atoms with Gasteiger partial charge < -0.3 is 25.1 Å². The third kappa shape index (κ3) is 3.39. The normalized spacial score (nSPS) is 29.7. The second-order valence-corrected chi connectivity index (χ2v) is 6.21. The van der Waals surface area contributed by atoms with Crippen LogP contribution in [0, 0.1) is 10.1 Å². The number of rotatable bonds is 5. The van der Waals surface area contributed by atoms with Crippen LogP contribution in [0.1, 0.15) is 6.23 Å². The lowest BCUT2D eigenvalue weighted by molar-refractivity contribution is -0.394. The number of hydrogen-bond acceptors (Lipinski definition) is 8. The maximum atomic E-state index is 10.9. The van der Waals surface area contributed by atoms with Crippen molar-refractivity contribution in [2.24, 2.45) is 0 Å². The molecular formula is C10H14N2O8S. The number of hydrogen-bond donors (Lipinski definition) is 2. The van der Waals surface area contributed by atoms with Crippen LogP contribution in [0.3, 0.4) is 0 Å². The molecule has 0 amide bonds. The Morgan fingerprint density at radius 3 is 2.71 bits per heavy atom. The van der Waals surface area contributed by atoms with E-state index >= 15 is 0 Å². The van der Waals surface area contributed by atoms with Crippen LogP contribution in [-0.2, 0) is 19.0 Å². The van der Waals surface area contributed by atoms with E-state index in [4.69, 9.17) is 4.74 Å². The van der Waals surface area contributed by atoms with E-state index in [2.05, 4.69) is 4.18 Å². The van der Waals surface area contributed by atoms with Gasteiger partial charge in [0.05, 0.1) is 19.1 Å². The van der Waals surface area contributed by atoms with E-state index in [1.807, 2.05) is 0 Å². The van der Waals surface area contributed by atoms with E-state index < -0.39 is 46.2 Å². The van der Waals surface area contributed by atoms with Gasteiger partial charge in [0.15, 0.2) is 0 Å². The molecule has 1 saturated heterocycles. The predicted molar refractivity (Wildman–Crippen MR) is 67.8 cm³/mol. The molecule has 11 heteroatoms. The molecule has 2 N–H and O–H groups in total. The van der Waals surface area contributed by atoms with Crippen molar-refractivity contribution in [2.45, 2.75) is 24.5 Å². The first-order valence-corrected chi connectivity index (χ1v) is 7.69. The summed E-state index contributed by atoms with van der Waals surface area (Å²) < 4.78 is 32.7. The highest BCUT2D eigenvalue weighted by Crippen LogP contribution is 2.32. The first-order chi connectivity index (χ1) is 9.70. The van der Waals surface area contributed by atoms with Gasteiger partial charge in [-0.1, -0.05) is 0 Å². The minimum Gasteiger partial charge on any atom is -0.387 e. The van der Waals surface area contributed by atoms with Crippen molar-refractivity contribution in [3.8, 4) is 0 Å². The summed E-state index contributed by atoms with van der Waals surface area (Å²) in [4.78, 5) is 10.2. The van der Waals surface area contributed by atoms with Gasteiger partial charge in [0, 0.05) is 6.07 Å². The summed E-state index contributed by atoms with van der Waals surface area (Å²) in [6.07, 6.45) is -3.06. The first kappa shape index (κ1) is 15.9. The van der Waals surface area contributed by atoms with E-state index in [0.717, 1.165) is 10.8 Å². The van der Waals surface area contributed by atoms with Gasteiger partial charge in [0.1, 0.15) is 18.3 Å². The molecule has 1 aliphatic rings. The molecule has 0 aromatic carbocycles. The highest BCUT2D eigenvalue weighted by Gasteiger charge is 2.47. The van der Waals surface area contributed by atoms with Crippen molar-refractivity contribution >= 4 is 15.9 Å². The van der Waals surface area contributed by atoms with Crippen LogP contribution in [0.25, 0.3) is 0 Å². The van der Waals surface area contributed by atoms with Gasteiger partial charge in [-0.05, 0) is 11.0 Å². The highest BCUT2D eigenvalue weighted by molar-refractivity contribution is 7.85. The Hall–Kier alpha value is -1.53. The molecule has 0 bridgehead atoms. The quantitative estimate of drug-likeness (QED) is 0.399. The number of nitrogens with zero attached hydrogens (tertiary/aromatic N) is 2. The van der Waals surface area contributed by atoms with Crippen molar-refractivity contribution in [3.63, 3.8) is 0 Å². The average Bonchev–Trinajstić information content (AvgIpc) is 2.94. The maximum Gasteiger partial charge on any atom is 0.325 e. The fourth-order valence-electron chi connectivity index (χ4n) is 2.04. The van der Waals surface area contributed by atoms with Crippen LogP contribution in [0.4, 0.5) is 5.82 Å². The lowest BCUT2D eigenvalue weighted by atomic mass is 10.1. The van der Waals surface area contributed by atoms with Crippen molar-refractivity contribution in [1.29, 1.82) is 0 Å². The molecule has 4 atom stereocenters. The van der Waals surface area contributed by atoms with Gasteiger partial charge >= 0.3 is 5.82 Å². The summed E-state index contributed by atoms with van der Waals surface area (Å²) >= 11 is 0. The Morgan fingerprint density at radius 2 is 2.14 bits per heavy atom. The molecule has 0 saturated carbocycles. The molecule has 118 valence electrons. The van der Waals surface area contributed by atoms with Crippen molar-refractivity contribution < 1.29 is 32.5 Å². The third-order valence-corrected chi connectivity index (χ3v) is 3.57. The second-order valence-electron chi connectivity index (χ2n) is 4.57. The van der Waals surface area contributed by atoms with Crippen LogP contribution in [0.15, 0.2) is 18.3 Å². The number of ether oxygens (including phenoxy) is 1. The molecule has 1 aliphatic heterocycles. The van der Waals surface area contributed by atoms with Crippen LogP contribution >= 0.6 is 0 Å². The molecule has 21 heavy (non-hydrogen) atoms. The van der Waals surface area contributed by atoms with E-state index in [9.17, 15) is 28.7 Å². The predicted octanol–water partition coefficient (Wildman–Crippen LogP) is -1.01. The Kier molecular flexibility index (Phi) is 4.30. The van der Waals surface area contributed by atoms with Crippen molar-refractivity contribution in [1.82, 2.24) is 4.57 Å². The van der Waals surface area contributed by atoms with Crippen LogP contribution in [0.2, 0.25) is 0 Å². The summed E-state index contributed by atoms with van der Waals surface area (Å²) in [7, 11) is -3.73. The molecule has 10 nitrogen and oxygen atoms in total. The smallest absolute Gasteiger partial charge is 0.325 e.